The van der Waals surface area contributed by atoms with Crippen molar-refractivity contribution in [1.82, 2.24) is 24.1 Å². The number of fused-ring (bicyclic) bond motifs is 7. The van der Waals surface area contributed by atoms with E-state index < -0.39 is 90.6 Å². The minimum Gasteiger partial charge on any atom is -0.307 e. The predicted molar refractivity (Wildman–Crippen MR) is 205 cm³/mol. The molecule has 10 rings (SSSR count). The van der Waals surface area contributed by atoms with E-state index in [9.17, 15) is 0 Å². The first-order valence-corrected chi connectivity index (χ1v) is 15.6. The van der Waals surface area contributed by atoms with Crippen LogP contribution in [0.5, 0.6) is 0 Å². The van der Waals surface area contributed by atoms with Crippen LogP contribution in [0.15, 0.2) is 176 Å². The second-order valence-corrected chi connectivity index (χ2v) is 11.4. The van der Waals surface area contributed by atoms with Gasteiger partial charge < -0.3 is 4.57 Å². The van der Waals surface area contributed by atoms with E-state index >= 15 is 0 Å². The fourth-order valence-electron chi connectivity index (χ4n) is 6.54. The fraction of sp³-hybridized carbons (Fsp3) is 0. The standard InChI is InChI=1S/C45H29N5/c1-4-14-30(15-5-1)31-24-26-33(27-25-31)44-46-43(32-16-6-2-7-17-32)47-45(48-44)50-40-23-13-11-21-36(40)38-29-28-37-35-20-10-12-22-39(35)49(41(37)42(38)50)34-18-8-3-9-19-34/h1-29H/i1D,2D,3D,4D,5D,6D,7D,8D,9D,14D,15D,16D,17D,18D,19D. The Hall–Kier alpha value is -6.85. The highest BCUT2D eigenvalue weighted by Gasteiger charge is 2.23. The molecular weight excluding hydrogens is 611 g/mol. The van der Waals surface area contributed by atoms with Gasteiger partial charge in [-0.2, -0.15) is 9.97 Å². The summed E-state index contributed by atoms with van der Waals surface area (Å²) in [6.07, 6.45) is 0. The van der Waals surface area contributed by atoms with Gasteiger partial charge in [-0.3, -0.25) is 4.57 Å². The third-order valence-electron chi connectivity index (χ3n) is 8.66. The van der Waals surface area contributed by atoms with Crippen LogP contribution in [0.25, 0.3) is 89.2 Å². The van der Waals surface area contributed by atoms with E-state index in [-0.39, 0.29) is 34.4 Å². The zero-order valence-electron chi connectivity index (χ0n) is 40.8. The van der Waals surface area contributed by atoms with Crippen LogP contribution < -0.4 is 0 Å². The summed E-state index contributed by atoms with van der Waals surface area (Å²) in [4.78, 5) is 14.5. The Labute approximate surface area is 309 Å². The number of para-hydroxylation sites is 3. The molecule has 0 aliphatic rings. The monoisotopic (exact) mass is 654 g/mol. The van der Waals surface area contributed by atoms with Gasteiger partial charge >= 0.3 is 0 Å². The van der Waals surface area contributed by atoms with E-state index in [1.54, 1.807) is 51.6 Å². The van der Waals surface area contributed by atoms with Gasteiger partial charge in [0.25, 0.3) is 0 Å². The molecule has 7 aromatic carbocycles. The Kier molecular flexibility index (Phi) is 3.87. The van der Waals surface area contributed by atoms with Gasteiger partial charge in [0.05, 0.1) is 42.6 Å². The Morgan fingerprint density at radius 2 is 0.860 bits per heavy atom. The molecule has 0 atom stereocenters. The summed E-state index contributed by atoms with van der Waals surface area (Å²) < 4.78 is 132. The lowest BCUT2D eigenvalue weighted by Gasteiger charge is -2.13. The molecule has 0 saturated carbocycles. The molecule has 234 valence electrons. The molecule has 0 fully saturated rings. The molecule has 0 spiro atoms. The van der Waals surface area contributed by atoms with Gasteiger partial charge in [-0.05, 0) is 35.3 Å². The molecule has 0 bridgehead atoms. The number of benzene rings is 7. The minimum absolute atomic E-state index is 0.0197. The van der Waals surface area contributed by atoms with Gasteiger partial charge in [0.2, 0.25) is 5.95 Å². The first-order valence-electron chi connectivity index (χ1n) is 23.1. The highest BCUT2D eigenvalue weighted by Crippen LogP contribution is 2.41. The lowest BCUT2D eigenvalue weighted by molar-refractivity contribution is 0.953. The van der Waals surface area contributed by atoms with Crippen molar-refractivity contribution in [3.63, 3.8) is 0 Å². The molecule has 0 amide bonds. The van der Waals surface area contributed by atoms with E-state index in [0.717, 1.165) is 5.39 Å². The third kappa shape index (κ3) is 4.45. The van der Waals surface area contributed by atoms with Crippen molar-refractivity contribution in [3.8, 4) is 45.5 Å². The van der Waals surface area contributed by atoms with Crippen LogP contribution in [0.4, 0.5) is 0 Å². The Balaban J connectivity index is 1.34. The average Bonchev–Trinajstić information content (AvgIpc) is 3.83. The van der Waals surface area contributed by atoms with Gasteiger partial charge in [-0.15, -0.1) is 0 Å². The Morgan fingerprint density at radius 1 is 0.380 bits per heavy atom. The molecule has 5 nitrogen and oxygen atoms in total. The van der Waals surface area contributed by atoms with Crippen molar-refractivity contribution in [2.75, 3.05) is 0 Å². The second kappa shape index (κ2) is 11.4. The van der Waals surface area contributed by atoms with Gasteiger partial charge in [-0.25, -0.2) is 4.98 Å². The summed E-state index contributed by atoms with van der Waals surface area (Å²) in [5, 5.41) is 2.76. The summed E-state index contributed by atoms with van der Waals surface area (Å²) >= 11 is 0. The van der Waals surface area contributed by atoms with Gasteiger partial charge in [0.15, 0.2) is 11.6 Å². The quantitative estimate of drug-likeness (QED) is 0.186. The van der Waals surface area contributed by atoms with Crippen molar-refractivity contribution >= 4 is 43.6 Å². The highest BCUT2D eigenvalue weighted by atomic mass is 15.2. The molecule has 0 aliphatic heterocycles. The Morgan fingerprint density at radius 3 is 1.48 bits per heavy atom. The smallest absolute Gasteiger partial charge is 0.238 e. The third-order valence-corrected chi connectivity index (χ3v) is 8.66. The molecule has 10 aromatic rings. The molecule has 50 heavy (non-hydrogen) atoms. The molecular formula is C45H29N5. The van der Waals surface area contributed by atoms with Crippen molar-refractivity contribution < 1.29 is 20.6 Å². The maximum Gasteiger partial charge on any atom is 0.238 e. The van der Waals surface area contributed by atoms with E-state index in [1.807, 2.05) is 42.5 Å². The van der Waals surface area contributed by atoms with Crippen LogP contribution in [-0.2, 0) is 0 Å². The van der Waals surface area contributed by atoms with Gasteiger partial charge in [-0.1, -0.05) is 151 Å². The number of rotatable bonds is 5. The van der Waals surface area contributed by atoms with Gasteiger partial charge in [0.1, 0.15) is 0 Å². The van der Waals surface area contributed by atoms with E-state index in [4.69, 9.17) is 35.5 Å². The van der Waals surface area contributed by atoms with E-state index in [0.29, 0.717) is 49.4 Å². The maximum atomic E-state index is 9.10. The normalized spacial score (nSPS) is 15.8. The van der Waals surface area contributed by atoms with Crippen LogP contribution in [0.2, 0.25) is 0 Å². The van der Waals surface area contributed by atoms with Crippen LogP contribution in [0.3, 0.4) is 0 Å². The minimum atomic E-state index is -0.619. The van der Waals surface area contributed by atoms with Crippen LogP contribution in [0.1, 0.15) is 20.6 Å². The largest absolute Gasteiger partial charge is 0.307 e. The Bertz CT molecular complexity index is 3650. The van der Waals surface area contributed by atoms with Crippen LogP contribution >= 0.6 is 0 Å². The van der Waals surface area contributed by atoms with E-state index in [1.165, 1.54) is 0 Å². The summed E-state index contributed by atoms with van der Waals surface area (Å²) in [6, 6.07) is 16.9. The lowest BCUT2D eigenvalue weighted by Crippen LogP contribution is -2.07. The SMILES string of the molecule is [2H]c1c([2H])c([2H])c(-c2ccc(-c3nc(-c4c([2H])c([2H])c([2H])c([2H])c4[2H])nc(-n4c5ccccc5c5ccc6c7ccccc7n(-c7c([2H])c([2H])c([2H])c([2H])c7[2H])c6c54)n3)cc2)c([2H])c1[2H]. The molecule has 0 saturated heterocycles. The highest BCUT2D eigenvalue weighted by molar-refractivity contribution is 6.23. The predicted octanol–water partition coefficient (Wildman–Crippen LogP) is 11.1. The zero-order chi connectivity index (χ0) is 46.1. The van der Waals surface area contributed by atoms with Crippen molar-refractivity contribution in [1.29, 1.82) is 0 Å². The summed E-state index contributed by atoms with van der Waals surface area (Å²) in [7, 11) is 0. The molecule has 3 aromatic heterocycles. The summed E-state index contributed by atoms with van der Waals surface area (Å²) in [5.74, 6) is -0.363. The number of nitrogens with zero attached hydrogens (tertiary/aromatic N) is 5. The van der Waals surface area contributed by atoms with Crippen molar-refractivity contribution in [2.45, 2.75) is 0 Å². The molecule has 0 N–H and O–H groups in total. The van der Waals surface area contributed by atoms with E-state index in [2.05, 4.69) is 0 Å². The molecule has 3 heterocycles. The number of aromatic nitrogens is 5. The second-order valence-electron chi connectivity index (χ2n) is 11.4. The summed E-state index contributed by atoms with van der Waals surface area (Å²) in [5.41, 5.74) is 2.20. The number of hydrogen-bond acceptors (Lipinski definition) is 3. The molecule has 0 radical (unpaired) electrons. The summed E-state index contributed by atoms with van der Waals surface area (Å²) in [6.45, 7) is 0. The zero-order valence-corrected chi connectivity index (χ0v) is 25.8. The molecule has 0 aliphatic carbocycles. The van der Waals surface area contributed by atoms with Crippen LogP contribution in [-0.4, -0.2) is 24.1 Å². The fourth-order valence-corrected chi connectivity index (χ4v) is 6.54. The molecule has 0 unspecified atom stereocenters. The topological polar surface area (TPSA) is 48.5 Å². The average molecular weight is 655 g/mol. The van der Waals surface area contributed by atoms with Crippen LogP contribution in [0, 0.1) is 0 Å². The first kappa shape index (κ1) is 17.0. The lowest BCUT2D eigenvalue weighted by atomic mass is 10.0. The molecule has 5 heteroatoms. The number of hydrogen-bond donors (Lipinski definition) is 0. The van der Waals surface area contributed by atoms with Gasteiger partial charge in [0, 0.05) is 38.4 Å². The maximum absolute atomic E-state index is 9.10. The van der Waals surface area contributed by atoms with Crippen molar-refractivity contribution in [3.05, 3.63) is 176 Å². The first-order chi connectivity index (χ1) is 31.0. The van der Waals surface area contributed by atoms with Crippen molar-refractivity contribution in [2.24, 2.45) is 0 Å².